The molecule has 0 radical (unpaired) electrons. The van der Waals surface area contributed by atoms with Crippen LogP contribution in [0.15, 0.2) is 34.9 Å². The largest absolute Gasteiger partial charge is 0.317 e. The molecule has 0 saturated carbocycles. The minimum Gasteiger partial charge on any atom is -0.317 e. The van der Waals surface area contributed by atoms with E-state index in [4.69, 9.17) is 11.6 Å². The highest BCUT2D eigenvalue weighted by atomic mass is 79.9. The zero-order valence-corrected chi connectivity index (χ0v) is 11.6. The van der Waals surface area contributed by atoms with Crippen molar-refractivity contribution in [3.8, 4) is 0 Å². The van der Waals surface area contributed by atoms with Crippen molar-refractivity contribution >= 4 is 39.1 Å². The van der Waals surface area contributed by atoms with Crippen LogP contribution in [0.2, 0.25) is 5.02 Å². The van der Waals surface area contributed by atoms with E-state index in [2.05, 4.69) is 26.2 Å². The minimum atomic E-state index is -0.887. The van der Waals surface area contributed by atoms with Gasteiger partial charge in [-0.25, -0.2) is 8.78 Å². The minimum absolute atomic E-state index is 0.0307. The molecule has 0 atom stereocenters. The Hall–Kier alpha value is -1.53. The summed E-state index contributed by atoms with van der Waals surface area (Å²) < 4.78 is 26.5. The molecule has 19 heavy (non-hydrogen) atoms. The van der Waals surface area contributed by atoms with Crippen LogP contribution in [0.4, 0.5) is 14.5 Å². The van der Waals surface area contributed by atoms with Crippen molar-refractivity contribution in [2.45, 2.75) is 0 Å². The first-order valence-corrected chi connectivity index (χ1v) is 6.22. The van der Waals surface area contributed by atoms with Crippen LogP contribution in [0, 0.1) is 11.6 Å². The van der Waals surface area contributed by atoms with Crippen LogP contribution in [0.25, 0.3) is 0 Å². The molecule has 3 nitrogen and oxygen atoms in total. The molecular weight excluding hydrogens is 341 g/mol. The van der Waals surface area contributed by atoms with E-state index in [1.807, 2.05) is 0 Å². The highest BCUT2D eigenvalue weighted by Crippen LogP contribution is 2.27. The third-order valence-electron chi connectivity index (χ3n) is 2.20. The third-order valence-corrected chi connectivity index (χ3v) is 3.06. The summed E-state index contributed by atoms with van der Waals surface area (Å²) in [6.45, 7) is 0. The molecule has 1 heterocycles. The van der Waals surface area contributed by atoms with Crippen molar-refractivity contribution in [1.29, 1.82) is 0 Å². The third kappa shape index (κ3) is 3.27. The van der Waals surface area contributed by atoms with Gasteiger partial charge in [-0.05, 0) is 34.1 Å². The first-order valence-electron chi connectivity index (χ1n) is 5.05. The molecule has 1 aromatic heterocycles. The van der Waals surface area contributed by atoms with Gasteiger partial charge in [-0.3, -0.25) is 9.78 Å². The lowest BCUT2D eigenvalue weighted by molar-refractivity contribution is 0.102. The van der Waals surface area contributed by atoms with E-state index < -0.39 is 17.5 Å². The predicted octanol–water partition coefficient (Wildman–Crippen LogP) is 4.03. The zero-order valence-electron chi connectivity index (χ0n) is 9.25. The summed E-state index contributed by atoms with van der Waals surface area (Å²) in [6, 6.07) is 4.56. The number of aromatic nitrogens is 1. The number of pyridine rings is 1. The van der Waals surface area contributed by atoms with Crippen molar-refractivity contribution in [2.75, 3.05) is 5.32 Å². The second kappa shape index (κ2) is 5.63. The molecule has 0 spiro atoms. The highest BCUT2D eigenvalue weighted by Gasteiger charge is 2.15. The van der Waals surface area contributed by atoms with Crippen LogP contribution in [0.5, 0.6) is 0 Å². The Balaban J connectivity index is 2.29. The van der Waals surface area contributed by atoms with Crippen molar-refractivity contribution in [1.82, 2.24) is 4.98 Å². The number of rotatable bonds is 2. The smallest absolute Gasteiger partial charge is 0.274 e. The summed E-state index contributed by atoms with van der Waals surface area (Å²) in [5.41, 5.74) is -0.128. The Morgan fingerprint density at radius 2 is 2.05 bits per heavy atom. The van der Waals surface area contributed by atoms with Crippen LogP contribution >= 0.6 is 27.5 Å². The fraction of sp³-hybridized carbons (Fsp3) is 0. The van der Waals surface area contributed by atoms with Gasteiger partial charge in [0.1, 0.15) is 11.5 Å². The van der Waals surface area contributed by atoms with Crippen molar-refractivity contribution in [3.63, 3.8) is 0 Å². The molecule has 1 aromatic carbocycles. The number of hydrogen-bond donors (Lipinski definition) is 1. The van der Waals surface area contributed by atoms with Gasteiger partial charge in [-0.2, -0.15) is 0 Å². The van der Waals surface area contributed by atoms with E-state index in [-0.39, 0.29) is 15.9 Å². The lowest BCUT2D eigenvalue weighted by Gasteiger charge is -2.08. The fourth-order valence-corrected chi connectivity index (χ4v) is 2.04. The van der Waals surface area contributed by atoms with E-state index >= 15 is 0 Å². The summed E-state index contributed by atoms with van der Waals surface area (Å²) in [6.07, 6.45) is 1.35. The molecule has 1 amide bonds. The molecule has 0 aliphatic carbocycles. The number of anilines is 1. The number of hydrogen-bond acceptors (Lipinski definition) is 2. The molecule has 0 unspecified atom stereocenters. The Morgan fingerprint density at radius 1 is 1.32 bits per heavy atom. The monoisotopic (exact) mass is 346 g/mol. The number of nitrogens with zero attached hydrogens (tertiary/aromatic N) is 1. The Bertz CT molecular complexity index is 628. The van der Waals surface area contributed by atoms with E-state index in [9.17, 15) is 13.6 Å². The van der Waals surface area contributed by atoms with Crippen LogP contribution in [0.1, 0.15) is 10.5 Å². The molecule has 2 aromatic rings. The summed E-state index contributed by atoms with van der Waals surface area (Å²) in [4.78, 5) is 15.6. The quantitative estimate of drug-likeness (QED) is 0.891. The second-order valence-electron chi connectivity index (χ2n) is 3.56. The van der Waals surface area contributed by atoms with Gasteiger partial charge in [-0.15, -0.1) is 0 Å². The second-order valence-corrected chi connectivity index (χ2v) is 4.85. The average Bonchev–Trinajstić information content (AvgIpc) is 2.33. The van der Waals surface area contributed by atoms with Crippen molar-refractivity contribution < 1.29 is 13.6 Å². The standard InChI is InChI=1S/C12H6BrClF2N2O/c13-8-4-7(15)5-9(16)11(8)18-12(19)10-3-6(14)1-2-17-10/h1-5H,(H,18,19). The van der Waals surface area contributed by atoms with Gasteiger partial charge >= 0.3 is 0 Å². The average molecular weight is 348 g/mol. The summed E-state index contributed by atoms with van der Waals surface area (Å²) in [7, 11) is 0. The number of amides is 1. The van der Waals surface area contributed by atoms with Gasteiger partial charge in [0, 0.05) is 21.8 Å². The predicted molar refractivity (Wildman–Crippen MR) is 71.3 cm³/mol. The first-order chi connectivity index (χ1) is 8.97. The molecule has 7 heteroatoms. The van der Waals surface area contributed by atoms with E-state index in [0.717, 1.165) is 6.07 Å². The molecular formula is C12H6BrClF2N2O. The van der Waals surface area contributed by atoms with Crippen LogP contribution in [-0.2, 0) is 0 Å². The Labute approximate surface area is 120 Å². The zero-order chi connectivity index (χ0) is 14.0. The molecule has 0 fully saturated rings. The summed E-state index contributed by atoms with van der Waals surface area (Å²) in [5, 5.41) is 2.63. The topological polar surface area (TPSA) is 42.0 Å². The molecule has 0 aliphatic heterocycles. The van der Waals surface area contributed by atoms with Crippen molar-refractivity contribution in [2.24, 2.45) is 0 Å². The Kier molecular flexibility index (Phi) is 4.11. The maximum atomic E-state index is 13.5. The SMILES string of the molecule is O=C(Nc1c(F)cc(F)cc1Br)c1cc(Cl)ccn1. The van der Waals surface area contributed by atoms with Gasteiger partial charge in [0.25, 0.3) is 5.91 Å². The molecule has 98 valence electrons. The highest BCUT2D eigenvalue weighted by molar-refractivity contribution is 9.10. The lowest BCUT2D eigenvalue weighted by atomic mass is 10.2. The molecule has 2 rings (SSSR count). The van der Waals surface area contributed by atoms with Crippen LogP contribution < -0.4 is 5.32 Å². The van der Waals surface area contributed by atoms with E-state index in [1.54, 1.807) is 0 Å². The van der Waals surface area contributed by atoms with Crippen LogP contribution in [-0.4, -0.2) is 10.9 Å². The van der Waals surface area contributed by atoms with Crippen molar-refractivity contribution in [3.05, 3.63) is 57.3 Å². The molecule has 0 aliphatic rings. The lowest BCUT2D eigenvalue weighted by Crippen LogP contribution is -2.15. The summed E-state index contributed by atoms with van der Waals surface area (Å²) in [5.74, 6) is -2.28. The van der Waals surface area contributed by atoms with E-state index in [1.165, 1.54) is 18.3 Å². The first kappa shape index (κ1) is 13.9. The number of carbonyl (C=O) groups is 1. The number of halogens is 4. The molecule has 0 saturated heterocycles. The van der Waals surface area contributed by atoms with Gasteiger partial charge in [0.05, 0.1) is 5.69 Å². The van der Waals surface area contributed by atoms with Gasteiger partial charge in [-0.1, -0.05) is 11.6 Å². The number of nitrogens with one attached hydrogen (secondary N) is 1. The maximum absolute atomic E-state index is 13.5. The normalized spacial score (nSPS) is 10.3. The number of benzene rings is 1. The van der Waals surface area contributed by atoms with E-state index in [0.29, 0.717) is 11.1 Å². The van der Waals surface area contributed by atoms with Gasteiger partial charge in [0.2, 0.25) is 0 Å². The molecule has 0 bridgehead atoms. The van der Waals surface area contributed by atoms with Gasteiger partial charge in [0.15, 0.2) is 5.82 Å². The van der Waals surface area contributed by atoms with Gasteiger partial charge < -0.3 is 5.32 Å². The Morgan fingerprint density at radius 3 is 2.68 bits per heavy atom. The maximum Gasteiger partial charge on any atom is 0.274 e. The summed E-state index contributed by atoms with van der Waals surface area (Å²) >= 11 is 8.69. The number of carbonyl (C=O) groups excluding carboxylic acids is 1. The fourth-order valence-electron chi connectivity index (χ4n) is 1.37. The molecule has 1 N–H and O–H groups in total. The van der Waals surface area contributed by atoms with Crippen LogP contribution in [0.3, 0.4) is 0 Å².